The lowest BCUT2D eigenvalue weighted by Crippen LogP contribution is -2.52. The Balaban J connectivity index is 1.46. The average molecular weight is 342 g/mol. The molecule has 132 valence electrons. The predicted molar refractivity (Wildman–Crippen MR) is 92.1 cm³/mol. The first-order valence-corrected chi connectivity index (χ1v) is 8.38. The van der Waals surface area contributed by atoms with Gasteiger partial charge in [0.25, 0.3) is 0 Å². The van der Waals surface area contributed by atoms with E-state index in [-0.39, 0.29) is 24.7 Å². The largest absolute Gasteiger partial charge is 0.470 e. The van der Waals surface area contributed by atoms with Crippen molar-refractivity contribution in [1.29, 1.82) is 0 Å². The molecule has 0 radical (unpaired) electrons. The number of ether oxygens (including phenoxy) is 3. The second-order valence-electron chi connectivity index (χ2n) is 5.84. The van der Waals surface area contributed by atoms with Gasteiger partial charge in [-0.2, -0.15) is 0 Å². The number of amides is 1. The molecule has 1 aliphatic rings. The molecule has 1 amide bonds. The molecule has 0 spiro atoms. The topological polar surface area (TPSA) is 69.7 Å². The summed E-state index contributed by atoms with van der Waals surface area (Å²) >= 11 is 0. The molecule has 3 rings (SSSR count). The SMILES string of the molecule is O=C(COCc1ccccc1)N[C@@H]1CCOC[C@H]1Oc1ccccn1. The van der Waals surface area contributed by atoms with Gasteiger partial charge in [0.1, 0.15) is 12.7 Å². The highest BCUT2D eigenvalue weighted by molar-refractivity contribution is 5.77. The summed E-state index contributed by atoms with van der Waals surface area (Å²) in [7, 11) is 0. The van der Waals surface area contributed by atoms with Gasteiger partial charge < -0.3 is 19.5 Å². The molecule has 0 aliphatic carbocycles. The van der Waals surface area contributed by atoms with Crippen molar-refractivity contribution in [2.45, 2.75) is 25.2 Å². The van der Waals surface area contributed by atoms with Crippen molar-refractivity contribution in [2.75, 3.05) is 19.8 Å². The molecule has 1 saturated heterocycles. The molecule has 2 atom stereocenters. The highest BCUT2D eigenvalue weighted by Gasteiger charge is 2.29. The zero-order chi connectivity index (χ0) is 17.3. The second kappa shape index (κ2) is 9.15. The first-order valence-electron chi connectivity index (χ1n) is 8.38. The number of carbonyl (C=O) groups is 1. The van der Waals surface area contributed by atoms with Crippen molar-refractivity contribution < 1.29 is 19.0 Å². The second-order valence-corrected chi connectivity index (χ2v) is 5.84. The minimum absolute atomic E-state index is 0.0164. The van der Waals surface area contributed by atoms with Crippen molar-refractivity contribution in [3.05, 3.63) is 60.3 Å². The number of hydrogen-bond donors (Lipinski definition) is 1. The van der Waals surface area contributed by atoms with Crippen molar-refractivity contribution >= 4 is 5.91 Å². The molecule has 0 unspecified atom stereocenters. The summed E-state index contributed by atoms with van der Waals surface area (Å²) in [6.45, 7) is 1.45. The number of rotatable bonds is 7. The maximum absolute atomic E-state index is 12.2. The maximum atomic E-state index is 12.2. The third-order valence-electron chi connectivity index (χ3n) is 3.91. The van der Waals surface area contributed by atoms with Crippen LogP contribution in [0.4, 0.5) is 0 Å². The van der Waals surface area contributed by atoms with Crippen molar-refractivity contribution in [1.82, 2.24) is 10.3 Å². The van der Waals surface area contributed by atoms with E-state index >= 15 is 0 Å². The van der Waals surface area contributed by atoms with Crippen LogP contribution in [0.2, 0.25) is 0 Å². The van der Waals surface area contributed by atoms with Crippen LogP contribution < -0.4 is 10.1 Å². The van der Waals surface area contributed by atoms with E-state index < -0.39 is 0 Å². The Bertz CT molecular complexity index is 651. The number of pyridine rings is 1. The van der Waals surface area contributed by atoms with Gasteiger partial charge in [0.15, 0.2) is 0 Å². The highest BCUT2D eigenvalue weighted by Crippen LogP contribution is 2.15. The minimum atomic E-state index is -0.262. The van der Waals surface area contributed by atoms with Crippen molar-refractivity contribution in [3.63, 3.8) is 0 Å². The Labute approximate surface area is 147 Å². The summed E-state index contributed by atoms with van der Waals surface area (Å²) in [6, 6.07) is 15.1. The number of benzene rings is 1. The molecule has 6 heteroatoms. The third kappa shape index (κ3) is 5.55. The zero-order valence-corrected chi connectivity index (χ0v) is 14.0. The average Bonchev–Trinajstić information content (AvgIpc) is 2.65. The van der Waals surface area contributed by atoms with E-state index in [9.17, 15) is 4.79 Å². The first kappa shape index (κ1) is 17.4. The van der Waals surface area contributed by atoms with Crippen LogP contribution in [0.15, 0.2) is 54.7 Å². The molecule has 1 N–H and O–H groups in total. The summed E-state index contributed by atoms with van der Waals surface area (Å²) in [5, 5.41) is 2.98. The molecular formula is C19H22N2O4. The van der Waals surface area contributed by atoms with Crippen LogP contribution in [-0.2, 0) is 20.9 Å². The molecule has 0 bridgehead atoms. The Hall–Kier alpha value is -2.44. The maximum Gasteiger partial charge on any atom is 0.246 e. The smallest absolute Gasteiger partial charge is 0.246 e. The van der Waals surface area contributed by atoms with Crippen LogP contribution in [0.1, 0.15) is 12.0 Å². The lowest BCUT2D eigenvalue weighted by atomic mass is 10.1. The predicted octanol–water partition coefficient (Wildman–Crippen LogP) is 1.95. The molecule has 25 heavy (non-hydrogen) atoms. The quantitative estimate of drug-likeness (QED) is 0.833. The van der Waals surface area contributed by atoms with Crippen molar-refractivity contribution in [3.8, 4) is 5.88 Å². The van der Waals surface area contributed by atoms with Gasteiger partial charge in [-0.15, -0.1) is 0 Å². The lowest BCUT2D eigenvalue weighted by molar-refractivity contribution is -0.129. The van der Waals surface area contributed by atoms with Crippen molar-refractivity contribution in [2.24, 2.45) is 0 Å². The molecule has 1 aromatic carbocycles. The van der Waals surface area contributed by atoms with Gasteiger partial charge in [-0.1, -0.05) is 36.4 Å². The fraction of sp³-hybridized carbons (Fsp3) is 0.368. The molecule has 1 fully saturated rings. The fourth-order valence-corrected chi connectivity index (χ4v) is 2.65. The summed E-state index contributed by atoms with van der Waals surface area (Å²) in [5.41, 5.74) is 1.04. The minimum Gasteiger partial charge on any atom is -0.470 e. The standard InChI is InChI=1S/C19H22N2O4/c22-18(14-24-12-15-6-2-1-3-7-15)21-16-9-11-23-13-17(16)25-19-8-4-5-10-20-19/h1-8,10,16-17H,9,11-14H2,(H,21,22)/t16-,17-/m1/s1. The number of hydrogen-bond acceptors (Lipinski definition) is 5. The summed E-state index contributed by atoms with van der Waals surface area (Å²) < 4.78 is 16.8. The van der Waals surface area contributed by atoms with E-state index in [1.807, 2.05) is 42.5 Å². The van der Waals surface area contributed by atoms with E-state index in [4.69, 9.17) is 14.2 Å². The monoisotopic (exact) mass is 342 g/mol. The van der Waals surface area contributed by atoms with Crippen LogP contribution in [0, 0.1) is 0 Å². The van der Waals surface area contributed by atoms with Gasteiger partial charge in [-0.3, -0.25) is 4.79 Å². The number of nitrogens with one attached hydrogen (secondary N) is 1. The van der Waals surface area contributed by atoms with Crippen LogP contribution in [-0.4, -0.2) is 42.9 Å². The summed E-state index contributed by atoms with van der Waals surface area (Å²) in [6.07, 6.45) is 2.10. The molecule has 2 heterocycles. The Kier molecular flexibility index (Phi) is 6.36. The normalized spacial score (nSPS) is 20.0. The molecule has 2 aromatic rings. The van der Waals surface area contributed by atoms with Gasteiger partial charge in [0.2, 0.25) is 11.8 Å². The van der Waals surface area contributed by atoms with Gasteiger partial charge >= 0.3 is 0 Å². The molecule has 1 aliphatic heterocycles. The Morgan fingerprint density at radius 3 is 2.84 bits per heavy atom. The van der Waals surface area contributed by atoms with Crippen LogP contribution >= 0.6 is 0 Å². The van der Waals surface area contributed by atoms with Gasteiger partial charge in [-0.25, -0.2) is 4.98 Å². The number of carbonyl (C=O) groups excluding carboxylic acids is 1. The van der Waals surface area contributed by atoms with E-state index in [1.54, 1.807) is 12.3 Å². The third-order valence-corrected chi connectivity index (χ3v) is 3.91. The number of aromatic nitrogens is 1. The van der Waals surface area contributed by atoms with Crippen LogP contribution in [0.25, 0.3) is 0 Å². The molecule has 1 aromatic heterocycles. The molecule has 6 nitrogen and oxygen atoms in total. The zero-order valence-electron chi connectivity index (χ0n) is 14.0. The van der Waals surface area contributed by atoms with E-state index in [0.29, 0.717) is 32.1 Å². The van der Waals surface area contributed by atoms with Gasteiger partial charge in [-0.05, 0) is 18.1 Å². The first-order chi connectivity index (χ1) is 12.3. The Morgan fingerprint density at radius 1 is 1.20 bits per heavy atom. The van der Waals surface area contributed by atoms with Crippen LogP contribution in [0.5, 0.6) is 5.88 Å². The summed E-state index contributed by atoms with van der Waals surface area (Å²) in [5.74, 6) is 0.370. The summed E-state index contributed by atoms with van der Waals surface area (Å²) in [4.78, 5) is 16.3. The van der Waals surface area contributed by atoms with E-state index in [2.05, 4.69) is 10.3 Å². The Morgan fingerprint density at radius 2 is 2.04 bits per heavy atom. The fourth-order valence-electron chi connectivity index (χ4n) is 2.65. The van der Waals surface area contributed by atoms with Crippen LogP contribution in [0.3, 0.4) is 0 Å². The molecule has 0 saturated carbocycles. The van der Waals surface area contributed by atoms with E-state index in [0.717, 1.165) is 5.56 Å². The van der Waals surface area contributed by atoms with Gasteiger partial charge in [0.05, 0.1) is 19.3 Å². The number of nitrogens with zero attached hydrogens (tertiary/aromatic N) is 1. The lowest BCUT2D eigenvalue weighted by Gasteiger charge is -2.32. The van der Waals surface area contributed by atoms with E-state index in [1.165, 1.54) is 0 Å². The highest BCUT2D eigenvalue weighted by atomic mass is 16.5. The van der Waals surface area contributed by atoms with Gasteiger partial charge in [0, 0.05) is 18.9 Å². The molecular weight excluding hydrogens is 320 g/mol.